The van der Waals surface area contributed by atoms with Gasteiger partial charge in [-0.1, -0.05) is 24.8 Å². The van der Waals surface area contributed by atoms with Crippen LogP contribution in [0.4, 0.5) is 5.69 Å². The Morgan fingerprint density at radius 2 is 2.06 bits per heavy atom. The van der Waals surface area contributed by atoms with Gasteiger partial charge < -0.3 is 10.2 Å². The first kappa shape index (κ1) is 10.4. The summed E-state index contributed by atoms with van der Waals surface area (Å²) in [7, 11) is 0. The molecule has 2 aliphatic heterocycles. The molecule has 3 heteroatoms. The van der Waals surface area contributed by atoms with E-state index >= 15 is 0 Å². The minimum atomic E-state index is -0.229. The van der Waals surface area contributed by atoms with E-state index in [1.54, 1.807) is 0 Å². The highest BCUT2D eigenvalue weighted by molar-refractivity contribution is 5.88. The first-order chi connectivity index (χ1) is 8.20. The lowest BCUT2D eigenvalue weighted by atomic mass is 9.85. The molecule has 2 saturated heterocycles. The zero-order chi connectivity index (χ0) is 11.9. The molecular weight excluding hydrogens is 212 g/mol. The molecule has 0 bridgehead atoms. The lowest BCUT2D eigenvalue weighted by Gasteiger charge is -2.22. The number of benzene rings is 1. The Bertz CT molecular complexity index is 468. The summed E-state index contributed by atoms with van der Waals surface area (Å²) in [6.45, 7) is 5.63. The van der Waals surface area contributed by atoms with Crippen LogP contribution in [0.1, 0.15) is 12.8 Å². The summed E-state index contributed by atoms with van der Waals surface area (Å²) in [6, 6.07) is 10.3. The van der Waals surface area contributed by atoms with Crippen LogP contribution in [-0.4, -0.2) is 19.0 Å². The molecule has 0 aliphatic carbocycles. The normalized spacial score (nSPS) is 27.9. The molecule has 1 atom stereocenters. The molecule has 1 N–H and O–H groups in total. The second kappa shape index (κ2) is 3.62. The molecular formula is C14H16N2O. The van der Waals surface area contributed by atoms with E-state index in [9.17, 15) is 4.79 Å². The Hall–Kier alpha value is -1.77. The van der Waals surface area contributed by atoms with E-state index < -0.39 is 0 Å². The fraction of sp³-hybridized carbons (Fsp3) is 0.357. The van der Waals surface area contributed by atoms with Gasteiger partial charge in [0, 0.05) is 30.9 Å². The van der Waals surface area contributed by atoms with E-state index in [0.29, 0.717) is 0 Å². The average Bonchev–Trinajstić information content (AvgIpc) is 2.86. The highest BCUT2D eigenvalue weighted by Gasteiger charge is 2.48. The molecule has 2 heterocycles. The van der Waals surface area contributed by atoms with Crippen LogP contribution < -0.4 is 10.2 Å². The summed E-state index contributed by atoms with van der Waals surface area (Å²) in [5.41, 5.74) is 1.84. The second-order valence-electron chi connectivity index (χ2n) is 5.02. The number of para-hydroxylation sites is 1. The lowest BCUT2D eigenvalue weighted by Crippen LogP contribution is -2.34. The number of nitrogens with one attached hydrogen (secondary N) is 1. The van der Waals surface area contributed by atoms with Gasteiger partial charge >= 0.3 is 0 Å². The van der Waals surface area contributed by atoms with Crippen molar-refractivity contribution in [1.29, 1.82) is 0 Å². The predicted octanol–water partition coefficient (Wildman–Crippen LogP) is 1.92. The maximum Gasteiger partial charge on any atom is 0.232 e. The van der Waals surface area contributed by atoms with Crippen molar-refractivity contribution in [2.45, 2.75) is 12.8 Å². The highest BCUT2D eigenvalue weighted by atomic mass is 16.2. The third kappa shape index (κ3) is 1.62. The third-order valence-corrected chi connectivity index (χ3v) is 3.80. The van der Waals surface area contributed by atoms with Gasteiger partial charge in [0.15, 0.2) is 0 Å². The Morgan fingerprint density at radius 1 is 1.29 bits per heavy atom. The largest absolute Gasteiger partial charge is 0.370 e. The van der Waals surface area contributed by atoms with Crippen LogP contribution in [-0.2, 0) is 4.79 Å². The van der Waals surface area contributed by atoms with Gasteiger partial charge in [0.25, 0.3) is 0 Å². The minimum Gasteiger partial charge on any atom is -0.370 e. The van der Waals surface area contributed by atoms with Gasteiger partial charge in [-0.15, -0.1) is 0 Å². The fourth-order valence-electron chi connectivity index (χ4n) is 2.89. The van der Waals surface area contributed by atoms with Crippen molar-refractivity contribution >= 4 is 11.6 Å². The summed E-state index contributed by atoms with van der Waals surface area (Å²) >= 11 is 0. The fourth-order valence-corrected chi connectivity index (χ4v) is 2.89. The molecule has 1 amide bonds. The first-order valence-electron chi connectivity index (χ1n) is 5.99. The zero-order valence-corrected chi connectivity index (χ0v) is 9.78. The number of amides is 1. The molecule has 3 rings (SSSR count). The number of hydrogen-bond acceptors (Lipinski definition) is 2. The van der Waals surface area contributed by atoms with E-state index in [-0.39, 0.29) is 11.3 Å². The van der Waals surface area contributed by atoms with Crippen molar-refractivity contribution < 1.29 is 4.79 Å². The Labute approximate surface area is 101 Å². The maximum absolute atomic E-state index is 12.0. The molecule has 1 spiro atoms. The molecule has 2 fully saturated rings. The quantitative estimate of drug-likeness (QED) is 0.796. The number of allylic oxidation sites excluding steroid dienone is 1. The van der Waals surface area contributed by atoms with E-state index in [2.05, 4.69) is 28.9 Å². The van der Waals surface area contributed by atoms with Gasteiger partial charge in [0.2, 0.25) is 5.91 Å². The molecule has 0 aromatic heterocycles. The standard InChI is InChI=1S/C14H16N2O/c1-11-9-14(13(17)15-11)7-8-16(10-14)12-5-3-2-4-6-12/h2-6H,1,7-10H2,(H,15,17). The van der Waals surface area contributed by atoms with Crippen LogP contribution in [0.25, 0.3) is 0 Å². The van der Waals surface area contributed by atoms with E-state index in [0.717, 1.165) is 31.6 Å². The number of nitrogens with zero attached hydrogens (tertiary/aromatic N) is 1. The van der Waals surface area contributed by atoms with Gasteiger partial charge in [-0.2, -0.15) is 0 Å². The monoisotopic (exact) mass is 228 g/mol. The Morgan fingerprint density at radius 3 is 2.71 bits per heavy atom. The van der Waals surface area contributed by atoms with Gasteiger partial charge in [-0.25, -0.2) is 0 Å². The minimum absolute atomic E-state index is 0.154. The van der Waals surface area contributed by atoms with Crippen LogP contribution in [0.3, 0.4) is 0 Å². The molecule has 1 aromatic rings. The van der Waals surface area contributed by atoms with Crippen molar-refractivity contribution in [3.05, 3.63) is 42.6 Å². The Kier molecular flexibility index (Phi) is 2.21. The first-order valence-corrected chi connectivity index (χ1v) is 5.99. The topological polar surface area (TPSA) is 32.3 Å². The predicted molar refractivity (Wildman–Crippen MR) is 67.6 cm³/mol. The number of hydrogen-bond donors (Lipinski definition) is 1. The van der Waals surface area contributed by atoms with Crippen LogP contribution in [0.2, 0.25) is 0 Å². The maximum atomic E-state index is 12.0. The van der Waals surface area contributed by atoms with Crippen molar-refractivity contribution in [2.24, 2.45) is 5.41 Å². The lowest BCUT2D eigenvalue weighted by molar-refractivity contribution is -0.126. The van der Waals surface area contributed by atoms with Gasteiger partial charge in [0.1, 0.15) is 0 Å². The van der Waals surface area contributed by atoms with Crippen molar-refractivity contribution in [3.63, 3.8) is 0 Å². The summed E-state index contributed by atoms with van der Waals surface area (Å²) in [5, 5.41) is 2.86. The van der Waals surface area contributed by atoms with E-state index in [1.165, 1.54) is 5.69 Å². The van der Waals surface area contributed by atoms with Gasteiger partial charge in [-0.3, -0.25) is 4.79 Å². The summed E-state index contributed by atoms with van der Waals surface area (Å²) in [6.07, 6.45) is 1.71. The summed E-state index contributed by atoms with van der Waals surface area (Å²) in [4.78, 5) is 14.3. The average molecular weight is 228 g/mol. The van der Waals surface area contributed by atoms with E-state index in [1.807, 2.05) is 18.2 Å². The molecule has 0 saturated carbocycles. The van der Waals surface area contributed by atoms with Crippen LogP contribution in [0.5, 0.6) is 0 Å². The SMILES string of the molecule is C=C1CC2(CCN(c3ccccc3)C2)C(=O)N1. The van der Waals surface area contributed by atoms with E-state index in [4.69, 9.17) is 0 Å². The molecule has 0 radical (unpaired) electrons. The summed E-state index contributed by atoms with van der Waals surface area (Å²) in [5.74, 6) is 0.154. The van der Waals surface area contributed by atoms with Crippen LogP contribution in [0.15, 0.2) is 42.6 Å². The number of rotatable bonds is 1. The summed E-state index contributed by atoms with van der Waals surface area (Å²) < 4.78 is 0. The molecule has 2 aliphatic rings. The van der Waals surface area contributed by atoms with Crippen molar-refractivity contribution in [2.75, 3.05) is 18.0 Å². The number of carbonyl (C=O) groups is 1. The Balaban J connectivity index is 1.83. The molecule has 3 nitrogen and oxygen atoms in total. The molecule has 88 valence electrons. The van der Waals surface area contributed by atoms with Crippen molar-refractivity contribution in [1.82, 2.24) is 5.32 Å². The molecule has 17 heavy (non-hydrogen) atoms. The van der Waals surface area contributed by atoms with Crippen LogP contribution >= 0.6 is 0 Å². The molecule has 1 unspecified atom stereocenters. The molecule has 1 aromatic carbocycles. The van der Waals surface area contributed by atoms with Crippen molar-refractivity contribution in [3.8, 4) is 0 Å². The number of carbonyl (C=O) groups excluding carboxylic acids is 1. The smallest absolute Gasteiger partial charge is 0.232 e. The second-order valence-corrected chi connectivity index (χ2v) is 5.02. The zero-order valence-electron chi connectivity index (χ0n) is 9.78. The number of anilines is 1. The van der Waals surface area contributed by atoms with Crippen LogP contribution in [0, 0.1) is 5.41 Å². The third-order valence-electron chi connectivity index (χ3n) is 3.80. The van der Waals surface area contributed by atoms with Gasteiger partial charge in [0.05, 0.1) is 5.41 Å². The highest BCUT2D eigenvalue weighted by Crippen LogP contribution is 2.41. The van der Waals surface area contributed by atoms with Gasteiger partial charge in [-0.05, 0) is 18.6 Å².